The summed E-state index contributed by atoms with van der Waals surface area (Å²) in [6, 6.07) is 16.4. The Hall–Kier alpha value is -2.50. The fourth-order valence-corrected chi connectivity index (χ4v) is 3.67. The van der Waals surface area contributed by atoms with Crippen LogP contribution in [-0.2, 0) is 22.7 Å². The molecule has 4 nitrogen and oxygen atoms in total. The first kappa shape index (κ1) is 19.8. The monoisotopic (exact) mass is 395 g/mol. The molecule has 2 aromatic carbocycles. The zero-order valence-corrected chi connectivity index (χ0v) is 16.6. The van der Waals surface area contributed by atoms with Crippen molar-refractivity contribution in [3.63, 3.8) is 0 Å². The van der Waals surface area contributed by atoms with Gasteiger partial charge < -0.3 is 13.9 Å². The van der Waals surface area contributed by atoms with E-state index in [2.05, 4.69) is 17.1 Å². The van der Waals surface area contributed by atoms with E-state index in [1.807, 2.05) is 25.1 Å². The van der Waals surface area contributed by atoms with Gasteiger partial charge in [-0.25, -0.2) is 9.37 Å². The van der Waals surface area contributed by atoms with Gasteiger partial charge in [0.05, 0.1) is 25.4 Å². The summed E-state index contributed by atoms with van der Waals surface area (Å²) in [6.07, 6.45) is 4.49. The molecule has 1 fully saturated rings. The quantitative estimate of drug-likeness (QED) is 0.505. The molecule has 3 aromatic rings. The predicted octanol–water partition coefficient (Wildman–Crippen LogP) is 5.83. The molecule has 1 aliphatic rings. The summed E-state index contributed by atoms with van der Waals surface area (Å²) >= 11 is 0. The highest BCUT2D eigenvalue weighted by Crippen LogP contribution is 2.27. The number of hydrogen-bond acceptors (Lipinski definition) is 4. The first-order valence-electron chi connectivity index (χ1n) is 10.2. The van der Waals surface area contributed by atoms with Gasteiger partial charge in [-0.2, -0.15) is 0 Å². The van der Waals surface area contributed by atoms with Crippen LogP contribution in [0.2, 0.25) is 0 Å². The lowest BCUT2D eigenvalue weighted by molar-refractivity contribution is -0.0562. The van der Waals surface area contributed by atoms with Crippen molar-refractivity contribution in [3.8, 4) is 11.5 Å². The highest BCUT2D eigenvalue weighted by molar-refractivity contribution is 5.53. The van der Waals surface area contributed by atoms with Crippen molar-refractivity contribution < 1.29 is 18.3 Å². The van der Waals surface area contributed by atoms with Crippen LogP contribution in [0.1, 0.15) is 42.7 Å². The summed E-state index contributed by atoms with van der Waals surface area (Å²) in [7, 11) is 0. The van der Waals surface area contributed by atoms with Gasteiger partial charge in [-0.1, -0.05) is 30.3 Å². The fraction of sp³-hybridized carbons (Fsp3) is 0.375. The molecule has 5 heteroatoms. The molecule has 0 saturated heterocycles. The summed E-state index contributed by atoms with van der Waals surface area (Å²) in [5.74, 6) is 0.952. The van der Waals surface area contributed by atoms with Crippen LogP contribution in [-0.4, -0.2) is 17.2 Å². The van der Waals surface area contributed by atoms with E-state index in [0.29, 0.717) is 19.1 Å². The SMILES string of the molecule is Cc1oc(-c2ccc(F)cc2)nc1CO[C@@H]1CCC[C@H](OCc2ccccc2)C1. The molecule has 152 valence electrons. The van der Waals surface area contributed by atoms with Gasteiger partial charge in [0.15, 0.2) is 0 Å². The fourth-order valence-electron chi connectivity index (χ4n) is 3.67. The third-order valence-corrected chi connectivity index (χ3v) is 5.35. The van der Waals surface area contributed by atoms with E-state index < -0.39 is 0 Å². The molecule has 1 aromatic heterocycles. The molecule has 0 N–H and O–H groups in total. The Balaban J connectivity index is 1.30. The molecule has 0 aliphatic heterocycles. The van der Waals surface area contributed by atoms with Crippen molar-refractivity contribution in [2.24, 2.45) is 0 Å². The van der Waals surface area contributed by atoms with Gasteiger partial charge in [0.25, 0.3) is 0 Å². The normalized spacial score (nSPS) is 19.4. The Kier molecular flexibility index (Phi) is 6.37. The molecule has 0 radical (unpaired) electrons. The number of rotatable bonds is 7. The zero-order valence-electron chi connectivity index (χ0n) is 16.6. The lowest BCUT2D eigenvalue weighted by Crippen LogP contribution is -2.28. The number of oxazole rings is 1. The summed E-state index contributed by atoms with van der Waals surface area (Å²) in [5, 5.41) is 0. The number of nitrogens with zero attached hydrogens (tertiary/aromatic N) is 1. The maximum absolute atomic E-state index is 13.1. The van der Waals surface area contributed by atoms with Crippen molar-refractivity contribution in [2.45, 2.75) is 58.0 Å². The second kappa shape index (κ2) is 9.33. The molecule has 29 heavy (non-hydrogen) atoms. The van der Waals surface area contributed by atoms with Crippen molar-refractivity contribution in [1.29, 1.82) is 0 Å². The Morgan fingerprint density at radius 3 is 2.38 bits per heavy atom. The minimum atomic E-state index is -0.276. The highest BCUT2D eigenvalue weighted by Gasteiger charge is 2.24. The Morgan fingerprint density at radius 1 is 0.966 bits per heavy atom. The number of hydrogen-bond donors (Lipinski definition) is 0. The van der Waals surface area contributed by atoms with E-state index in [1.54, 1.807) is 12.1 Å². The maximum atomic E-state index is 13.1. The molecule has 1 heterocycles. The maximum Gasteiger partial charge on any atom is 0.226 e. The van der Waals surface area contributed by atoms with Gasteiger partial charge in [-0.15, -0.1) is 0 Å². The van der Waals surface area contributed by atoms with Crippen LogP contribution in [0.3, 0.4) is 0 Å². The molecule has 0 bridgehead atoms. The first-order chi connectivity index (χ1) is 14.2. The largest absolute Gasteiger partial charge is 0.441 e. The van der Waals surface area contributed by atoms with Gasteiger partial charge in [-0.3, -0.25) is 0 Å². The molecule has 1 saturated carbocycles. The first-order valence-corrected chi connectivity index (χ1v) is 10.2. The van der Waals surface area contributed by atoms with Crippen molar-refractivity contribution in [3.05, 3.63) is 77.4 Å². The van der Waals surface area contributed by atoms with E-state index in [4.69, 9.17) is 13.9 Å². The molecule has 0 unspecified atom stereocenters. The van der Waals surface area contributed by atoms with E-state index in [0.717, 1.165) is 42.7 Å². The zero-order chi connectivity index (χ0) is 20.1. The topological polar surface area (TPSA) is 44.5 Å². The smallest absolute Gasteiger partial charge is 0.226 e. The van der Waals surface area contributed by atoms with Crippen molar-refractivity contribution in [1.82, 2.24) is 4.98 Å². The van der Waals surface area contributed by atoms with Gasteiger partial charge in [0.2, 0.25) is 5.89 Å². The number of halogens is 1. The summed E-state index contributed by atoms with van der Waals surface area (Å²) < 4.78 is 31.1. The van der Waals surface area contributed by atoms with Crippen LogP contribution in [0.15, 0.2) is 59.0 Å². The summed E-state index contributed by atoms with van der Waals surface area (Å²) in [5.41, 5.74) is 2.74. The van der Waals surface area contributed by atoms with E-state index in [1.165, 1.54) is 17.7 Å². The summed E-state index contributed by atoms with van der Waals surface area (Å²) in [4.78, 5) is 4.54. The lowest BCUT2D eigenvalue weighted by atomic mass is 9.95. The predicted molar refractivity (Wildman–Crippen MR) is 109 cm³/mol. The Morgan fingerprint density at radius 2 is 1.66 bits per heavy atom. The molecule has 4 rings (SSSR count). The van der Waals surface area contributed by atoms with Gasteiger partial charge in [-0.05, 0) is 62.4 Å². The molecule has 0 spiro atoms. The van der Waals surface area contributed by atoms with Crippen LogP contribution < -0.4 is 0 Å². The lowest BCUT2D eigenvalue weighted by Gasteiger charge is -2.29. The number of aromatic nitrogens is 1. The van der Waals surface area contributed by atoms with Crippen LogP contribution in [0.4, 0.5) is 4.39 Å². The third kappa shape index (κ3) is 5.31. The second-order valence-electron chi connectivity index (χ2n) is 7.55. The minimum absolute atomic E-state index is 0.162. The second-order valence-corrected chi connectivity index (χ2v) is 7.55. The Labute approximate surface area is 170 Å². The van der Waals surface area contributed by atoms with E-state index in [9.17, 15) is 4.39 Å². The molecule has 0 amide bonds. The van der Waals surface area contributed by atoms with Crippen LogP contribution in [0, 0.1) is 12.7 Å². The standard InChI is InChI=1S/C24H26FNO3/c1-17-23(26-24(29-17)19-10-12-20(25)13-11-19)16-28-22-9-5-8-21(14-22)27-15-18-6-3-2-4-7-18/h2-4,6-7,10-13,21-22H,5,8-9,14-16H2,1H3/t21-,22+/m0/s1. The Bertz CT molecular complexity index is 908. The highest BCUT2D eigenvalue weighted by atomic mass is 19.1. The van der Waals surface area contributed by atoms with E-state index >= 15 is 0 Å². The van der Waals surface area contributed by atoms with E-state index in [-0.39, 0.29) is 18.0 Å². The average molecular weight is 395 g/mol. The van der Waals surface area contributed by atoms with Crippen molar-refractivity contribution >= 4 is 0 Å². The number of benzene rings is 2. The average Bonchev–Trinajstić information content (AvgIpc) is 3.13. The van der Waals surface area contributed by atoms with Gasteiger partial charge in [0.1, 0.15) is 17.3 Å². The number of ether oxygens (including phenoxy) is 2. The van der Waals surface area contributed by atoms with Crippen LogP contribution in [0.5, 0.6) is 0 Å². The summed E-state index contributed by atoms with van der Waals surface area (Å²) in [6.45, 7) is 2.93. The minimum Gasteiger partial charge on any atom is -0.441 e. The number of aryl methyl sites for hydroxylation is 1. The molecular formula is C24H26FNO3. The molecule has 1 aliphatic carbocycles. The van der Waals surface area contributed by atoms with Crippen LogP contribution >= 0.6 is 0 Å². The van der Waals surface area contributed by atoms with Gasteiger partial charge >= 0.3 is 0 Å². The third-order valence-electron chi connectivity index (χ3n) is 5.35. The molecular weight excluding hydrogens is 369 g/mol. The van der Waals surface area contributed by atoms with Gasteiger partial charge in [0, 0.05) is 5.56 Å². The molecule has 2 atom stereocenters. The van der Waals surface area contributed by atoms with Crippen LogP contribution in [0.25, 0.3) is 11.5 Å². The van der Waals surface area contributed by atoms with Crippen molar-refractivity contribution in [2.75, 3.05) is 0 Å².